The summed E-state index contributed by atoms with van der Waals surface area (Å²) in [4.78, 5) is 17.5. The maximum atomic E-state index is 12.6. The van der Waals surface area contributed by atoms with Crippen molar-refractivity contribution in [3.63, 3.8) is 0 Å². The van der Waals surface area contributed by atoms with E-state index in [1.807, 2.05) is 48.5 Å². The van der Waals surface area contributed by atoms with Gasteiger partial charge in [0.2, 0.25) is 0 Å². The minimum absolute atomic E-state index is 0.143. The molecule has 3 aromatic rings. The van der Waals surface area contributed by atoms with Crippen LogP contribution in [0.25, 0.3) is 0 Å². The zero-order chi connectivity index (χ0) is 16.8. The number of nitrogens with one attached hydrogen (secondary N) is 1. The van der Waals surface area contributed by atoms with Crippen molar-refractivity contribution >= 4 is 35.0 Å². The Morgan fingerprint density at radius 3 is 2.62 bits per heavy atom. The molecule has 1 aromatic heterocycles. The van der Waals surface area contributed by atoms with Gasteiger partial charge in [0.25, 0.3) is 5.91 Å². The zero-order valence-corrected chi connectivity index (χ0v) is 14.3. The van der Waals surface area contributed by atoms with E-state index in [1.165, 1.54) is 5.56 Å². The van der Waals surface area contributed by atoms with Gasteiger partial charge < -0.3 is 5.32 Å². The van der Waals surface area contributed by atoms with Crippen molar-refractivity contribution in [1.29, 1.82) is 0 Å². The molecular weight excluding hydrogens is 340 g/mol. The van der Waals surface area contributed by atoms with Crippen LogP contribution in [0.15, 0.2) is 78.0 Å². The fraction of sp³-hybridized carbons (Fsp3) is 0.0526. The van der Waals surface area contributed by atoms with E-state index >= 15 is 0 Å². The van der Waals surface area contributed by atoms with Gasteiger partial charge in [-0.25, -0.2) is 0 Å². The molecule has 0 saturated heterocycles. The third-order valence-corrected chi connectivity index (χ3v) is 4.74. The monoisotopic (exact) mass is 354 g/mol. The van der Waals surface area contributed by atoms with Gasteiger partial charge in [0.15, 0.2) is 0 Å². The molecule has 1 amide bonds. The van der Waals surface area contributed by atoms with Crippen LogP contribution >= 0.6 is 23.4 Å². The molecular formula is C19H15ClN2OS. The summed E-state index contributed by atoms with van der Waals surface area (Å²) in [6.07, 6.45) is 3.54. The number of carbonyl (C=O) groups excluding carboxylic acids is 1. The third-order valence-electron chi connectivity index (χ3n) is 3.36. The Bertz CT molecular complexity index is 840. The lowest BCUT2D eigenvalue weighted by atomic mass is 10.2. The van der Waals surface area contributed by atoms with Crippen LogP contribution in [0.1, 0.15) is 15.9 Å². The zero-order valence-electron chi connectivity index (χ0n) is 12.8. The van der Waals surface area contributed by atoms with Gasteiger partial charge in [-0.3, -0.25) is 9.78 Å². The second-order valence-electron chi connectivity index (χ2n) is 5.10. The Hall–Kier alpha value is -2.30. The number of carbonyl (C=O) groups is 1. The van der Waals surface area contributed by atoms with Crippen molar-refractivity contribution in [1.82, 2.24) is 4.98 Å². The van der Waals surface area contributed by atoms with Gasteiger partial charge in [0.1, 0.15) is 0 Å². The molecule has 24 heavy (non-hydrogen) atoms. The highest BCUT2D eigenvalue weighted by Gasteiger charge is 2.12. The van der Waals surface area contributed by atoms with Gasteiger partial charge in [0, 0.05) is 33.8 Å². The van der Waals surface area contributed by atoms with Crippen LogP contribution in [0.2, 0.25) is 5.02 Å². The second kappa shape index (κ2) is 7.99. The van der Waals surface area contributed by atoms with E-state index in [1.54, 1.807) is 36.3 Å². The molecule has 0 radical (unpaired) electrons. The molecule has 120 valence electrons. The molecule has 0 aliphatic heterocycles. The van der Waals surface area contributed by atoms with E-state index < -0.39 is 0 Å². The standard InChI is InChI=1S/C19H15ClN2OS/c20-15-4-3-5-16(12-15)22-19(23)17-6-1-2-7-18(17)24-13-14-8-10-21-11-9-14/h1-12H,13H2,(H,22,23). The van der Waals surface area contributed by atoms with Crippen LogP contribution in [0.4, 0.5) is 5.69 Å². The Morgan fingerprint density at radius 1 is 1.04 bits per heavy atom. The predicted molar refractivity (Wildman–Crippen MR) is 99.6 cm³/mol. The number of rotatable bonds is 5. The van der Waals surface area contributed by atoms with E-state index in [0.29, 0.717) is 16.3 Å². The molecule has 0 aliphatic rings. The Morgan fingerprint density at radius 2 is 1.83 bits per heavy atom. The van der Waals surface area contributed by atoms with Crippen LogP contribution in [-0.2, 0) is 5.75 Å². The van der Waals surface area contributed by atoms with Crippen molar-refractivity contribution in [2.75, 3.05) is 5.32 Å². The van der Waals surface area contributed by atoms with Gasteiger partial charge in [-0.2, -0.15) is 0 Å². The van der Waals surface area contributed by atoms with Gasteiger partial charge in [-0.05, 0) is 48.0 Å². The summed E-state index contributed by atoms with van der Waals surface area (Å²) in [5, 5.41) is 3.48. The van der Waals surface area contributed by atoms with E-state index in [-0.39, 0.29) is 5.91 Å². The lowest BCUT2D eigenvalue weighted by molar-refractivity contribution is 0.102. The number of amides is 1. The number of anilines is 1. The van der Waals surface area contributed by atoms with Crippen molar-refractivity contribution in [2.24, 2.45) is 0 Å². The molecule has 0 unspecified atom stereocenters. The smallest absolute Gasteiger partial charge is 0.256 e. The molecule has 1 N–H and O–H groups in total. The first-order chi connectivity index (χ1) is 11.7. The first-order valence-electron chi connectivity index (χ1n) is 7.40. The van der Waals surface area contributed by atoms with Crippen molar-refractivity contribution in [2.45, 2.75) is 10.6 Å². The summed E-state index contributed by atoms with van der Waals surface area (Å²) in [7, 11) is 0. The molecule has 2 aromatic carbocycles. The lowest BCUT2D eigenvalue weighted by Crippen LogP contribution is -2.12. The van der Waals surface area contributed by atoms with Crippen LogP contribution in [0.3, 0.4) is 0 Å². The largest absolute Gasteiger partial charge is 0.322 e. The quantitative estimate of drug-likeness (QED) is 0.634. The molecule has 0 spiro atoms. The van der Waals surface area contributed by atoms with Gasteiger partial charge >= 0.3 is 0 Å². The van der Waals surface area contributed by atoms with E-state index in [2.05, 4.69) is 10.3 Å². The molecule has 5 heteroatoms. The normalized spacial score (nSPS) is 10.4. The highest BCUT2D eigenvalue weighted by atomic mass is 35.5. The molecule has 3 nitrogen and oxygen atoms in total. The van der Waals surface area contributed by atoms with Crippen LogP contribution in [0, 0.1) is 0 Å². The van der Waals surface area contributed by atoms with Gasteiger partial charge in [-0.15, -0.1) is 11.8 Å². The number of pyridine rings is 1. The van der Waals surface area contributed by atoms with E-state index in [4.69, 9.17) is 11.6 Å². The molecule has 1 heterocycles. The summed E-state index contributed by atoms with van der Waals surface area (Å²) < 4.78 is 0. The number of halogens is 1. The number of hydrogen-bond acceptors (Lipinski definition) is 3. The van der Waals surface area contributed by atoms with Crippen LogP contribution in [0.5, 0.6) is 0 Å². The number of aromatic nitrogens is 1. The highest BCUT2D eigenvalue weighted by Crippen LogP contribution is 2.27. The fourth-order valence-electron chi connectivity index (χ4n) is 2.18. The summed E-state index contributed by atoms with van der Waals surface area (Å²) >= 11 is 7.59. The number of nitrogens with zero attached hydrogens (tertiary/aromatic N) is 1. The van der Waals surface area contributed by atoms with Crippen LogP contribution in [-0.4, -0.2) is 10.9 Å². The molecule has 0 atom stereocenters. The average Bonchev–Trinajstić information content (AvgIpc) is 2.61. The lowest BCUT2D eigenvalue weighted by Gasteiger charge is -2.10. The van der Waals surface area contributed by atoms with E-state index in [0.717, 1.165) is 10.6 Å². The third kappa shape index (κ3) is 4.37. The molecule has 0 bridgehead atoms. The minimum atomic E-state index is -0.143. The Kier molecular flexibility index (Phi) is 5.51. The van der Waals surface area contributed by atoms with Crippen LogP contribution < -0.4 is 5.32 Å². The fourth-order valence-corrected chi connectivity index (χ4v) is 3.38. The van der Waals surface area contributed by atoms with Gasteiger partial charge in [0.05, 0.1) is 5.56 Å². The molecule has 3 rings (SSSR count). The topological polar surface area (TPSA) is 42.0 Å². The van der Waals surface area contributed by atoms with Crippen molar-refractivity contribution < 1.29 is 4.79 Å². The summed E-state index contributed by atoms with van der Waals surface area (Å²) in [6, 6.07) is 18.7. The van der Waals surface area contributed by atoms with Crippen molar-refractivity contribution in [3.05, 3.63) is 89.2 Å². The number of benzene rings is 2. The van der Waals surface area contributed by atoms with Crippen molar-refractivity contribution in [3.8, 4) is 0 Å². The number of thioether (sulfide) groups is 1. The maximum absolute atomic E-state index is 12.6. The Balaban J connectivity index is 1.74. The molecule has 0 aliphatic carbocycles. The number of hydrogen-bond donors (Lipinski definition) is 1. The maximum Gasteiger partial charge on any atom is 0.256 e. The minimum Gasteiger partial charge on any atom is -0.322 e. The predicted octanol–water partition coefficient (Wildman–Crippen LogP) is 5.28. The summed E-state index contributed by atoms with van der Waals surface area (Å²) in [5.41, 5.74) is 2.50. The first-order valence-corrected chi connectivity index (χ1v) is 8.76. The van der Waals surface area contributed by atoms with Gasteiger partial charge in [-0.1, -0.05) is 29.8 Å². The summed E-state index contributed by atoms with van der Waals surface area (Å²) in [6.45, 7) is 0. The SMILES string of the molecule is O=C(Nc1cccc(Cl)c1)c1ccccc1SCc1ccncc1. The molecule has 0 saturated carbocycles. The second-order valence-corrected chi connectivity index (χ2v) is 6.56. The average molecular weight is 355 g/mol. The highest BCUT2D eigenvalue weighted by molar-refractivity contribution is 7.98. The summed E-state index contributed by atoms with van der Waals surface area (Å²) in [5.74, 6) is 0.638. The Labute approximate surface area is 150 Å². The molecule has 0 fully saturated rings. The first kappa shape index (κ1) is 16.6. The van der Waals surface area contributed by atoms with E-state index in [9.17, 15) is 4.79 Å².